The Bertz CT molecular complexity index is 726. The molecule has 1 amide bonds. The largest absolute Gasteiger partial charge is 0.350 e. The molecule has 0 aliphatic carbocycles. The zero-order valence-corrected chi connectivity index (χ0v) is 13.6. The van der Waals surface area contributed by atoms with Crippen LogP contribution in [-0.2, 0) is 21.2 Å². The standard InChI is InChI=1S/C14H14ClNO3S2/c1-10(14(17)16-9-12-5-3-7-20-12)21(18,19)13-6-2-4-11(15)8-13/h2-8,10H,9H2,1H3,(H,16,17). The number of amides is 1. The summed E-state index contributed by atoms with van der Waals surface area (Å²) < 4.78 is 24.7. The van der Waals surface area contributed by atoms with Crippen molar-refractivity contribution < 1.29 is 13.2 Å². The van der Waals surface area contributed by atoms with E-state index >= 15 is 0 Å². The van der Waals surface area contributed by atoms with Crippen LogP contribution in [0.25, 0.3) is 0 Å². The summed E-state index contributed by atoms with van der Waals surface area (Å²) in [6.07, 6.45) is 0. The average Bonchev–Trinajstić information content (AvgIpc) is 2.97. The third kappa shape index (κ3) is 3.84. The van der Waals surface area contributed by atoms with Crippen LogP contribution in [0.5, 0.6) is 0 Å². The predicted molar refractivity (Wildman–Crippen MR) is 84.3 cm³/mol. The lowest BCUT2D eigenvalue weighted by Gasteiger charge is -2.13. The van der Waals surface area contributed by atoms with Gasteiger partial charge in [-0.25, -0.2) is 8.42 Å². The molecular formula is C14H14ClNO3S2. The zero-order valence-electron chi connectivity index (χ0n) is 11.2. The second-order valence-corrected chi connectivity index (χ2v) is 8.18. The second kappa shape index (κ2) is 6.60. The van der Waals surface area contributed by atoms with Crippen LogP contribution in [0.4, 0.5) is 0 Å². The first-order chi connectivity index (χ1) is 9.91. The van der Waals surface area contributed by atoms with Crippen LogP contribution in [0.2, 0.25) is 5.02 Å². The van der Waals surface area contributed by atoms with Gasteiger partial charge >= 0.3 is 0 Å². The molecule has 1 N–H and O–H groups in total. The normalized spacial score (nSPS) is 12.9. The monoisotopic (exact) mass is 343 g/mol. The molecule has 112 valence electrons. The van der Waals surface area contributed by atoms with Gasteiger partial charge in [-0.2, -0.15) is 0 Å². The Labute approximate surface area is 132 Å². The average molecular weight is 344 g/mol. The fraction of sp³-hybridized carbons (Fsp3) is 0.214. The third-order valence-corrected chi connectivity index (χ3v) is 6.14. The molecule has 0 aliphatic heterocycles. The molecular weight excluding hydrogens is 330 g/mol. The van der Waals surface area contributed by atoms with Gasteiger partial charge in [0.15, 0.2) is 9.84 Å². The number of rotatable bonds is 5. The van der Waals surface area contributed by atoms with E-state index in [-0.39, 0.29) is 4.90 Å². The first kappa shape index (κ1) is 16.0. The van der Waals surface area contributed by atoms with Crippen molar-refractivity contribution >= 4 is 38.7 Å². The summed E-state index contributed by atoms with van der Waals surface area (Å²) in [4.78, 5) is 13.0. The minimum Gasteiger partial charge on any atom is -0.350 e. The zero-order chi connectivity index (χ0) is 15.5. The van der Waals surface area contributed by atoms with E-state index in [9.17, 15) is 13.2 Å². The fourth-order valence-electron chi connectivity index (χ4n) is 1.72. The number of carbonyl (C=O) groups is 1. The van der Waals surface area contributed by atoms with E-state index < -0.39 is 21.0 Å². The Morgan fingerprint density at radius 3 is 2.71 bits per heavy atom. The topological polar surface area (TPSA) is 63.2 Å². The van der Waals surface area contributed by atoms with Gasteiger partial charge in [-0.3, -0.25) is 4.79 Å². The van der Waals surface area contributed by atoms with Crippen LogP contribution < -0.4 is 5.32 Å². The summed E-state index contributed by atoms with van der Waals surface area (Å²) in [7, 11) is -3.74. The van der Waals surface area contributed by atoms with E-state index in [1.165, 1.54) is 30.4 Å². The molecule has 0 spiro atoms. The van der Waals surface area contributed by atoms with Gasteiger partial charge < -0.3 is 5.32 Å². The lowest BCUT2D eigenvalue weighted by atomic mass is 10.4. The molecule has 0 saturated heterocycles. The van der Waals surface area contributed by atoms with Crippen molar-refractivity contribution in [1.82, 2.24) is 5.32 Å². The van der Waals surface area contributed by atoms with Gasteiger partial charge in [0.2, 0.25) is 5.91 Å². The molecule has 1 aromatic carbocycles. The lowest BCUT2D eigenvalue weighted by Crippen LogP contribution is -2.37. The van der Waals surface area contributed by atoms with Crippen LogP contribution in [-0.4, -0.2) is 19.6 Å². The molecule has 7 heteroatoms. The van der Waals surface area contributed by atoms with Gasteiger partial charge in [0.05, 0.1) is 11.4 Å². The molecule has 1 heterocycles. The lowest BCUT2D eigenvalue weighted by molar-refractivity contribution is -0.120. The van der Waals surface area contributed by atoms with E-state index in [1.807, 2.05) is 17.5 Å². The number of hydrogen-bond donors (Lipinski definition) is 1. The van der Waals surface area contributed by atoms with Gasteiger partial charge in [0.1, 0.15) is 5.25 Å². The maximum Gasteiger partial charge on any atom is 0.238 e. The maximum atomic E-state index is 12.4. The van der Waals surface area contributed by atoms with Crippen molar-refractivity contribution in [2.45, 2.75) is 23.6 Å². The number of benzene rings is 1. The Morgan fingerprint density at radius 2 is 2.10 bits per heavy atom. The molecule has 1 unspecified atom stereocenters. The van der Waals surface area contributed by atoms with E-state index in [1.54, 1.807) is 12.1 Å². The summed E-state index contributed by atoms with van der Waals surface area (Å²) in [5.41, 5.74) is 0. The van der Waals surface area contributed by atoms with Gasteiger partial charge in [-0.1, -0.05) is 23.7 Å². The van der Waals surface area contributed by atoms with Crippen molar-refractivity contribution in [3.05, 3.63) is 51.7 Å². The van der Waals surface area contributed by atoms with Crippen LogP contribution in [0.15, 0.2) is 46.7 Å². The first-order valence-corrected chi connectivity index (χ1v) is 9.01. The Hall–Kier alpha value is -1.37. The van der Waals surface area contributed by atoms with E-state index in [2.05, 4.69) is 5.32 Å². The van der Waals surface area contributed by atoms with Crippen molar-refractivity contribution in [3.8, 4) is 0 Å². The van der Waals surface area contributed by atoms with Crippen LogP contribution in [0.3, 0.4) is 0 Å². The fourth-order valence-corrected chi connectivity index (χ4v) is 3.95. The first-order valence-electron chi connectivity index (χ1n) is 6.21. The SMILES string of the molecule is CC(C(=O)NCc1cccs1)S(=O)(=O)c1cccc(Cl)c1. The summed E-state index contributed by atoms with van der Waals surface area (Å²) in [5.74, 6) is -0.525. The van der Waals surface area contributed by atoms with Crippen molar-refractivity contribution in [2.75, 3.05) is 0 Å². The highest BCUT2D eigenvalue weighted by atomic mass is 35.5. The molecule has 0 bridgehead atoms. The van der Waals surface area contributed by atoms with Gasteiger partial charge in [0.25, 0.3) is 0 Å². The minimum atomic E-state index is -3.74. The smallest absolute Gasteiger partial charge is 0.238 e. The Kier molecular flexibility index (Phi) is 5.03. The highest BCUT2D eigenvalue weighted by molar-refractivity contribution is 7.92. The second-order valence-electron chi connectivity index (χ2n) is 4.44. The molecule has 2 rings (SSSR count). The highest BCUT2D eigenvalue weighted by Gasteiger charge is 2.29. The summed E-state index contributed by atoms with van der Waals surface area (Å²) in [5, 5.41) is 3.68. The van der Waals surface area contributed by atoms with Gasteiger partial charge in [-0.05, 0) is 36.6 Å². The third-order valence-electron chi connectivity index (χ3n) is 2.98. The number of thiophene rings is 1. The molecule has 0 fully saturated rings. The van der Waals surface area contributed by atoms with Crippen molar-refractivity contribution in [1.29, 1.82) is 0 Å². The maximum absolute atomic E-state index is 12.4. The Morgan fingerprint density at radius 1 is 1.33 bits per heavy atom. The molecule has 0 saturated carbocycles. The molecule has 1 atom stereocenters. The summed E-state index contributed by atoms with van der Waals surface area (Å²) in [6.45, 7) is 1.70. The highest BCUT2D eigenvalue weighted by Crippen LogP contribution is 2.20. The van der Waals surface area contributed by atoms with Crippen LogP contribution in [0, 0.1) is 0 Å². The summed E-state index contributed by atoms with van der Waals surface area (Å²) >= 11 is 7.30. The van der Waals surface area contributed by atoms with E-state index in [0.29, 0.717) is 11.6 Å². The number of sulfone groups is 1. The van der Waals surface area contributed by atoms with Gasteiger partial charge in [0, 0.05) is 9.90 Å². The van der Waals surface area contributed by atoms with E-state index in [0.717, 1.165) is 4.88 Å². The molecule has 0 radical (unpaired) electrons. The number of nitrogens with one attached hydrogen (secondary N) is 1. The minimum absolute atomic E-state index is 0.0498. The number of halogens is 1. The molecule has 21 heavy (non-hydrogen) atoms. The van der Waals surface area contributed by atoms with E-state index in [4.69, 9.17) is 11.6 Å². The number of hydrogen-bond acceptors (Lipinski definition) is 4. The van der Waals surface area contributed by atoms with Crippen LogP contribution >= 0.6 is 22.9 Å². The Balaban J connectivity index is 2.10. The van der Waals surface area contributed by atoms with Crippen molar-refractivity contribution in [2.24, 2.45) is 0 Å². The predicted octanol–water partition coefficient (Wildman–Crippen LogP) is 2.88. The van der Waals surface area contributed by atoms with Crippen LogP contribution in [0.1, 0.15) is 11.8 Å². The molecule has 2 aromatic rings. The quantitative estimate of drug-likeness (QED) is 0.908. The summed E-state index contributed by atoms with van der Waals surface area (Å²) in [6, 6.07) is 9.66. The molecule has 0 aliphatic rings. The van der Waals surface area contributed by atoms with Crippen molar-refractivity contribution in [3.63, 3.8) is 0 Å². The molecule has 1 aromatic heterocycles. The number of carbonyl (C=O) groups excluding carboxylic acids is 1. The molecule has 4 nitrogen and oxygen atoms in total. The van der Waals surface area contributed by atoms with Gasteiger partial charge in [-0.15, -0.1) is 11.3 Å².